The number of carbonyl (C=O) groups excluding carboxylic acids is 1. The zero-order chi connectivity index (χ0) is 11.5. The van der Waals surface area contributed by atoms with Gasteiger partial charge in [-0.25, -0.2) is 0 Å². The molecule has 0 aliphatic carbocycles. The van der Waals surface area contributed by atoms with Gasteiger partial charge >= 0.3 is 0 Å². The fourth-order valence-corrected chi connectivity index (χ4v) is 2.23. The van der Waals surface area contributed by atoms with E-state index in [4.69, 9.17) is 17.3 Å². The maximum absolute atomic E-state index is 12.1. The molecule has 2 rings (SSSR count). The summed E-state index contributed by atoms with van der Waals surface area (Å²) >= 11 is 6.00. The second kappa shape index (κ2) is 6.24. The Kier molecular flexibility index (Phi) is 5.25. The van der Waals surface area contributed by atoms with Crippen molar-refractivity contribution in [2.24, 2.45) is 11.7 Å². The third-order valence-corrected chi connectivity index (χ3v) is 3.34. The van der Waals surface area contributed by atoms with Crippen LogP contribution in [0.2, 0.25) is 5.02 Å². The van der Waals surface area contributed by atoms with E-state index in [-0.39, 0.29) is 18.3 Å². The number of carbonyl (C=O) groups is 1. The molecule has 1 amide bonds. The maximum atomic E-state index is 12.1. The number of amides is 1. The summed E-state index contributed by atoms with van der Waals surface area (Å²) in [5.41, 5.74) is 6.19. The van der Waals surface area contributed by atoms with Gasteiger partial charge in [0.25, 0.3) is 5.91 Å². The van der Waals surface area contributed by atoms with Gasteiger partial charge in [0.2, 0.25) is 0 Å². The first-order chi connectivity index (χ1) is 7.72. The molecule has 1 aliphatic heterocycles. The lowest BCUT2D eigenvalue weighted by Crippen LogP contribution is -2.30. The van der Waals surface area contributed by atoms with Gasteiger partial charge in [-0.15, -0.1) is 12.4 Å². The second-order valence-electron chi connectivity index (χ2n) is 4.12. The monoisotopic (exact) mass is 274 g/mol. The minimum atomic E-state index is 0. The normalized spacial score (nSPS) is 18.9. The van der Waals surface area contributed by atoms with Gasteiger partial charge < -0.3 is 10.6 Å². The van der Waals surface area contributed by atoms with E-state index in [1.54, 1.807) is 12.1 Å². The summed E-state index contributed by atoms with van der Waals surface area (Å²) < 4.78 is 0. The predicted molar refractivity (Wildman–Crippen MR) is 71.8 cm³/mol. The summed E-state index contributed by atoms with van der Waals surface area (Å²) in [6, 6.07) is 7.16. The summed E-state index contributed by atoms with van der Waals surface area (Å²) in [6.07, 6.45) is 0.993. The molecule has 94 valence electrons. The van der Waals surface area contributed by atoms with Crippen molar-refractivity contribution in [3.05, 3.63) is 34.9 Å². The molecule has 0 bridgehead atoms. The third-order valence-electron chi connectivity index (χ3n) is 3.01. The molecule has 1 atom stereocenters. The van der Waals surface area contributed by atoms with Gasteiger partial charge in [-0.3, -0.25) is 4.79 Å². The second-order valence-corrected chi connectivity index (χ2v) is 4.53. The molecule has 1 aromatic rings. The summed E-state index contributed by atoms with van der Waals surface area (Å²) in [5.74, 6) is 0.452. The number of nitrogens with zero attached hydrogens (tertiary/aromatic N) is 1. The molecule has 3 nitrogen and oxygen atoms in total. The number of benzene rings is 1. The summed E-state index contributed by atoms with van der Waals surface area (Å²) in [7, 11) is 0. The van der Waals surface area contributed by atoms with Crippen LogP contribution in [0.15, 0.2) is 24.3 Å². The number of nitrogens with two attached hydrogens (primary N) is 1. The van der Waals surface area contributed by atoms with E-state index < -0.39 is 0 Å². The molecule has 0 aromatic heterocycles. The topological polar surface area (TPSA) is 46.3 Å². The number of hydrogen-bond donors (Lipinski definition) is 1. The molecule has 1 heterocycles. The van der Waals surface area contributed by atoms with Gasteiger partial charge in [-0.2, -0.15) is 0 Å². The van der Waals surface area contributed by atoms with Crippen molar-refractivity contribution < 1.29 is 4.79 Å². The van der Waals surface area contributed by atoms with Crippen molar-refractivity contribution in [1.82, 2.24) is 4.90 Å². The first-order valence-corrected chi connectivity index (χ1v) is 5.84. The molecule has 1 unspecified atom stereocenters. The van der Waals surface area contributed by atoms with E-state index in [1.165, 1.54) is 0 Å². The van der Waals surface area contributed by atoms with Crippen molar-refractivity contribution in [3.8, 4) is 0 Å². The smallest absolute Gasteiger partial charge is 0.255 e. The van der Waals surface area contributed by atoms with E-state index in [2.05, 4.69) is 0 Å². The maximum Gasteiger partial charge on any atom is 0.255 e. The highest BCUT2D eigenvalue weighted by atomic mass is 35.5. The van der Waals surface area contributed by atoms with Gasteiger partial charge in [0, 0.05) is 13.1 Å². The Hall–Kier alpha value is -0.770. The Morgan fingerprint density at radius 3 is 2.76 bits per heavy atom. The first-order valence-electron chi connectivity index (χ1n) is 5.46. The Morgan fingerprint density at radius 2 is 2.18 bits per heavy atom. The number of hydrogen-bond acceptors (Lipinski definition) is 2. The van der Waals surface area contributed by atoms with Gasteiger partial charge in [0.05, 0.1) is 10.6 Å². The number of rotatable bonds is 2. The third kappa shape index (κ3) is 3.12. The number of likely N-dealkylation sites (tertiary alicyclic amines) is 1. The highest BCUT2D eigenvalue weighted by Crippen LogP contribution is 2.21. The van der Waals surface area contributed by atoms with Crippen LogP contribution >= 0.6 is 24.0 Å². The Bertz CT molecular complexity index is 398. The van der Waals surface area contributed by atoms with E-state index in [0.717, 1.165) is 19.5 Å². The van der Waals surface area contributed by atoms with Crippen LogP contribution in [0, 0.1) is 5.92 Å². The standard InChI is InChI=1S/C12H15ClN2O.ClH/c13-11-4-2-1-3-10(11)12(16)15-6-5-9(7-14)8-15;/h1-4,9H,5-8,14H2;1H. The fraction of sp³-hybridized carbons (Fsp3) is 0.417. The SMILES string of the molecule is Cl.NCC1CCN(C(=O)c2ccccc2Cl)C1. The molecule has 1 aliphatic rings. The Balaban J connectivity index is 0.00000144. The van der Waals surface area contributed by atoms with Crippen molar-refractivity contribution in [3.63, 3.8) is 0 Å². The van der Waals surface area contributed by atoms with Crippen molar-refractivity contribution in [2.75, 3.05) is 19.6 Å². The van der Waals surface area contributed by atoms with E-state index in [1.807, 2.05) is 17.0 Å². The van der Waals surface area contributed by atoms with Crippen LogP contribution < -0.4 is 5.73 Å². The van der Waals surface area contributed by atoms with Crippen LogP contribution in [0.25, 0.3) is 0 Å². The highest BCUT2D eigenvalue weighted by Gasteiger charge is 2.26. The van der Waals surface area contributed by atoms with Crippen molar-refractivity contribution in [2.45, 2.75) is 6.42 Å². The van der Waals surface area contributed by atoms with Crippen LogP contribution in [0.4, 0.5) is 0 Å². The minimum absolute atomic E-state index is 0. The van der Waals surface area contributed by atoms with Crippen molar-refractivity contribution in [1.29, 1.82) is 0 Å². The van der Waals surface area contributed by atoms with Crippen LogP contribution in [0.5, 0.6) is 0 Å². The van der Waals surface area contributed by atoms with E-state index in [0.29, 0.717) is 23.0 Å². The quantitative estimate of drug-likeness (QED) is 0.899. The lowest BCUT2D eigenvalue weighted by atomic mass is 10.1. The average molecular weight is 275 g/mol. The van der Waals surface area contributed by atoms with Gasteiger partial charge in [0.15, 0.2) is 0 Å². The number of halogens is 2. The van der Waals surface area contributed by atoms with Gasteiger partial charge in [-0.05, 0) is 31.0 Å². The fourth-order valence-electron chi connectivity index (χ4n) is 2.01. The Morgan fingerprint density at radius 1 is 1.47 bits per heavy atom. The lowest BCUT2D eigenvalue weighted by molar-refractivity contribution is 0.0788. The zero-order valence-electron chi connectivity index (χ0n) is 9.43. The van der Waals surface area contributed by atoms with Crippen LogP contribution in [0.1, 0.15) is 16.8 Å². The summed E-state index contributed by atoms with van der Waals surface area (Å²) in [6.45, 7) is 2.18. The predicted octanol–water partition coefficient (Wildman–Crippen LogP) is 2.18. The molecule has 5 heteroatoms. The molecule has 0 radical (unpaired) electrons. The lowest BCUT2D eigenvalue weighted by Gasteiger charge is -2.16. The van der Waals surface area contributed by atoms with E-state index >= 15 is 0 Å². The van der Waals surface area contributed by atoms with Gasteiger partial charge in [-0.1, -0.05) is 23.7 Å². The highest BCUT2D eigenvalue weighted by molar-refractivity contribution is 6.33. The molecule has 17 heavy (non-hydrogen) atoms. The average Bonchev–Trinajstić information content (AvgIpc) is 2.77. The largest absolute Gasteiger partial charge is 0.338 e. The minimum Gasteiger partial charge on any atom is -0.338 e. The summed E-state index contributed by atoms with van der Waals surface area (Å²) in [4.78, 5) is 14.0. The molecule has 0 saturated carbocycles. The molecular formula is C12H16Cl2N2O. The Labute approximate surface area is 112 Å². The molecule has 1 fully saturated rings. The summed E-state index contributed by atoms with van der Waals surface area (Å²) in [5, 5.41) is 0.517. The molecule has 2 N–H and O–H groups in total. The van der Waals surface area contributed by atoms with E-state index in [9.17, 15) is 4.79 Å². The molecule has 1 aromatic carbocycles. The van der Waals surface area contributed by atoms with Crippen LogP contribution in [-0.4, -0.2) is 30.4 Å². The zero-order valence-corrected chi connectivity index (χ0v) is 11.0. The molecule has 0 spiro atoms. The molecular weight excluding hydrogens is 259 g/mol. The van der Waals surface area contributed by atoms with Crippen molar-refractivity contribution >= 4 is 29.9 Å². The first kappa shape index (κ1) is 14.3. The van der Waals surface area contributed by atoms with Crippen LogP contribution in [-0.2, 0) is 0 Å². The van der Waals surface area contributed by atoms with Crippen LogP contribution in [0.3, 0.4) is 0 Å². The molecule has 1 saturated heterocycles. The van der Waals surface area contributed by atoms with Gasteiger partial charge in [0.1, 0.15) is 0 Å².